The lowest BCUT2D eigenvalue weighted by atomic mass is 10.0. The maximum Gasteiger partial charge on any atom is 0.231 e. The summed E-state index contributed by atoms with van der Waals surface area (Å²) in [5.41, 5.74) is 2.70. The van der Waals surface area contributed by atoms with Crippen LogP contribution in [0.2, 0.25) is 0 Å². The Labute approximate surface area is 127 Å². The Morgan fingerprint density at radius 1 is 1.14 bits per heavy atom. The number of nitrogens with zero attached hydrogens (tertiary/aromatic N) is 2. The Bertz CT molecular complexity index is 924. The predicted octanol–water partition coefficient (Wildman–Crippen LogP) is 4.79. The molecule has 0 radical (unpaired) electrons. The van der Waals surface area contributed by atoms with E-state index in [4.69, 9.17) is 16.6 Å². The third-order valence-electron chi connectivity index (χ3n) is 3.60. The van der Waals surface area contributed by atoms with Crippen molar-refractivity contribution in [3.05, 3.63) is 59.0 Å². The number of allylic oxidation sites excluding steroid dienone is 4. The molecule has 1 aliphatic carbocycles. The summed E-state index contributed by atoms with van der Waals surface area (Å²) in [6.45, 7) is 0. The van der Waals surface area contributed by atoms with Crippen LogP contribution in [-0.4, -0.2) is 9.97 Å². The number of aromatic nitrogens is 2. The van der Waals surface area contributed by atoms with Crippen molar-refractivity contribution in [1.29, 1.82) is 0 Å². The lowest BCUT2D eigenvalue weighted by Gasteiger charge is -2.11. The SMILES string of the molecule is S=c1nc(C2=CC=CCC2)nc2oc3ccccc3cc1-2. The van der Waals surface area contributed by atoms with Gasteiger partial charge >= 0.3 is 0 Å². The van der Waals surface area contributed by atoms with Gasteiger partial charge in [-0.25, -0.2) is 4.98 Å². The Hall–Kier alpha value is -2.33. The summed E-state index contributed by atoms with van der Waals surface area (Å²) in [7, 11) is 0. The van der Waals surface area contributed by atoms with Gasteiger partial charge in [0.05, 0.1) is 5.56 Å². The second-order valence-corrected chi connectivity index (χ2v) is 5.40. The first-order valence-electron chi connectivity index (χ1n) is 6.88. The van der Waals surface area contributed by atoms with Gasteiger partial charge in [0.1, 0.15) is 10.2 Å². The summed E-state index contributed by atoms with van der Waals surface area (Å²) in [6.07, 6.45) is 8.16. The number of fused-ring (bicyclic) bond motifs is 2. The molecule has 102 valence electrons. The molecule has 0 unspecified atom stereocenters. The molecule has 4 heteroatoms. The van der Waals surface area contributed by atoms with Crippen LogP contribution < -0.4 is 0 Å². The fraction of sp³-hybridized carbons (Fsp3) is 0.118. The molecule has 0 bridgehead atoms. The molecule has 2 heterocycles. The van der Waals surface area contributed by atoms with E-state index in [0.717, 1.165) is 34.9 Å². The molecule has 21 heavy (non-hydrogen) atoms. The highest BCUT2D eigenvalue weighted by molar-refractivity contribution is 7.71. The van der Waals surface area contributed by atoms with E-state index in [9.17, 15) is 0 Å². The predicted molar refractivity (Wildman–Crippen MR) is 85.6 cm³/mol. The second-order valence-electron chi connectivity index (χ2n) is 5.01. The number of rotatable bonds is 1. The van der Waals surface area contributed by atoms with Crippen LogP contribution in [0, 0.1) is 4.64 Å². The summed E-state index contributed by atoms with van der Waals surface area (Å²) in [5.74, 6) is 1.23. The van der Waals surface area contributed by atoms with E-state index >= 15 is 0 Å². The van der Waals surface area contributed by atoms with E-state index in [1.165, 1.54) is 0 Å². The Morgan fingerprint density at radius 3 is 2.90 bits per heavy atom. The van der Waals surface area contributed by atoms with Crippen molar-refractivity contribution in [1.82, 2.24) is 9.97 Å². The second kappa shape index (κ2) is 4.90. The highest BCUT2D eigenvalue weighted by Crippen LogP contribution is 2.29. The average molecular weight is 292 g/mol. The van der Waals surface area contributed by atoms with Crippen molar-refractivity contribution >= 4 is 28.8 Å². The van der Waals surface area contributed by atoms with Crippen molar-refractivity contribution < 1.29 is 4.42 Å². The number of hydrogen-bond donors (Lipinski definition) is 0. The summed E-state index contributed by atoms with van der Waals surface area (Å²) in [6, 6.07) is 9.84. The van der Waals surface area contributed by atoms with Crippen molar-refractivity contribution in [2.24, 2.45) is 0 Å². The van der Waals surface area contributed by atoms with Gasteiger partial charge in [-0.2, -0.15) is 4.98 Å². The van der Waals surface area contributed by atoms with Gasteiger partial charge in [-0.15, -0.1) is 0 Å². The molecule has 0 atom stereocenters. The van der Waals surface area contributed by atoms with E-state index in [0.29, 0.717) is 16.4 Å². The lowest BCUT2D eigenvalue weighted by Crippen LogP contribution is -2.00. The van der Waals surface area contributed by atoms with Crippen LogP contribution in [0.25, 0.3) is 28.0 Å². The summed E-state index contributed by atoms with van der Waals surface area (Å²) >= 11 is 5.42. The van der Waals surface area contributed by atoms with Gasteiger partial charge in [0.15, 0.2) is 5.82 Å². The molecule has 0 saturated heterocycles. The molecule has 0 fully saturated rings. The first-order chi connectivity index (χ1) is 10.3. The standard InChI is InChI=1S/C17H12N2OS/c21-17-13-10-12-8-4-5-9-14(12)20-16(13)18-15(19-17)11-6-2-1-3-7-11/h1-2,4-6,8-10H,3,7H2. The van der Waals surface area contributed by atoms with Crippen LogP contribution >= 0.6 is 12.2 Å². The zero-order chi connectivity index (χ0) is 14.2. The Kier molecular flexibility index (Phi) is 2.89. The molecule has 4 rings (SSSR count). The van der Waals surface area contributed by atoms with Gasteiger partial charge in [-0.05, 0) is 30.5 Å². The Balaban J connectivity index is 1.99. The summed E-state index contributed by atoms with van der Waals surface area (Å²) < 4.78 is 6.44. The van der Waals surface area contributed by atoms with E-state index in [1.807, 2.05) is 42.5 Å². The van der Waals surface area contributed by atoms with Gasteiger partial charge in [0.2, 0.25) is 5.89 Å². The molecule has 0 saturated carbocycles. The third kappa shape index (κ3) is 2.17. The van der Waals surface area contributed by atoms with Crippen LogP contribution in [0.15, 0.2) is 53.0 Å². The molecular formula is C17H12N2OS. The summed E-state index contributed by atoms with van der Waals surface area (Å²) in [5, 5.41) is 1.01. The fourth-order valence-corrected chi connectivity index (χ4v) is 2.75. The number of benzene rings is 1. The zero-order valence-electron chi connectivity index (χ0n) is 11.2. The van der Waals surface area contributed by atoms with E-state index < -0.39 is 0 Å². The van der Waals surface area contributed by atoms with E-state index in [-0.39, 0.29) is 0 Å². The smallest absolute Gasteiger partial charge is 0.231 e. The quantitative estimate of drug-likeness (QED) is 0.477. The molecule has 0 N–H and O–H groups in total. The van der Waals surface area contributed by atoms with Crippen LogP contribution in [0.3, 0.4) is 0 Å². The monoisotopic (exact) mass is 292 g/mol. The molecule has 0 spiro atoms. The highest BCUT2D eigenvalue weighted by atomic mass is 32.1. The van der Waals surface area contributed by atoms with Crippen LogP contribution in [0.1, 0.15) is 18.7 Å². The minimum atomic E-state index is 0.542. The largest absolute Gasteiger partial charge is 0.438 e. The molecule has 2 aliphatic heterocycles. The minimum Gasteiger partial charge on any atom is -0.438 e. The van der Waals surface area contributed by atoms with Crippen molar-refractivity contribution in [2.45, 2.75) is 12.8 Å². The van der Waals surface area contributed by atoms with Crippen LogP contribution in [0.5, 0.6) is 0 Å². The Morgan fingerprint density at radius 2 is 2.05 bits per heavy atom. The number of hydrogen-bond acceptors (Lipinski definition) is 4. The minimum absolute atomic E-state index is 0.542. The molecule has 0 amide bonds. The van der Waals surface area contributed by atoms with Gasteiger partial charge in [0, 0.05) is 5.39 Å². The van der Waals surface area contributed by atoms with Crippen LogP contribution in [0.4, 0.5) is 0 Å². The van der Waals surface area contributed by atoms with Crippen LogP contribution in [-0.2, 0) is 0 Å². The topological polar surface area (TPSA) is 38.9 Å². The normalized spacial score (nSPS) is 14.6. The highest BCUT2D eigenvalue weighted by Gasteiger charge is 2.15. The van der Waals surface area contributed by atoms with Crippen molar-refractivity contribution in [3.8, 4) is 11.5 Å². The summed E-state index contributed by atoms with van der Waals surface area (Å²) in [4.78, 5) is 9.04. The fourth-order valence-electron chi connectivity index (χ4n) is 2.52. The first kappa shape index (κ1) is 12.4. The first-order valence-corrected chi connectivity index (χ1v) is 7.29. The maximum atomic E-state index is 5.90. The van der Waals surface area contributed by atoms with Crippen molar-refractivity contribution in [3.63, 3.8) is 0 Å². The molecular weight excluding hydrogens is 280 g/mol. The third-order valence-corrected chi connectivity index (χ3v) is 3.91. The lowest BCUT2D eigenvalue weighted by molar-refractivity contribution is 0.595. The molecule has 1 aromatic rings. The van der Waals surface area contributed by atoms with Gasteiger partial charge in [-0.1, -0.05) is 48.6 Å². The van der Waals surface area contributed by atoms with E-state index in [1.54, 1.807) is 0 Å². The molecule has 0 aromatic heterocycles. The van der Waals surface area contributed by atoms with E-state index in [2.05, 4.69) is 16.0 Å². The molecule has 3 nitrogen and oxygen atoms in total. The van der Waals surface area contributed by atoms with Gasteiger partial charge in [0.25, 0.3) is 0 Å². The van der Waals surface area contributed by atoms with Crippen molar-refractivity contribution in [2.75, 3.05) is 0 Å². The zero-order valence-corrected chi connectivity index (χ0v) is 12.1. The number of para-hydroxylation sites is 1. The van der Waals surface area contributed by atoms with Gasteiger partial charge < -0.3 is 4.42 Å². The van der Waals surface area contributed by atoms with Gasteiger partial charge in [-0.3, -0.25) is 0 Å². The average Bonchev–Trinajstić information content (AvgIpc) is 2.54. The molecule has 1 aromatic carbocycles. The maximum absolute atomic E-state index is 5.90. The molecule has 3 aliphatic rings.